The van der Waals surface area contributed by atoms with Crippen LogP contribution in [0.2, 0.25) is 0 Å². The predicted octanol–water partition coefficient (Wildman–Crippen LogP) is 1.81. The first kappa shape index (κ1) is 15.0. The summed E-state index contributed by atoms with van der Waals surface area (Å²) in [7, 11) is 1.61. The second kappa shape index (κ2) is 5.54. The Balaban J connectivity index is 2.13. The van der Waals surface area contributed by atoms with Gasteiger partial charge in [-0.2, -0.15) is 0 Å². The highest BCUT2D eigenvalue weighted by Gasteiger charge is 2.33. The van der Waals surface area contributed by atoms with Crippen molar-refractivity contribution < 1.29 is 18.0 Å². The van der Waals surface area contributed by atoms with Crippen molar-refractivity contribution in [3.8, 4) is 0 Å². The number of carbonyl (C=O) groups is 2. The molecular formula is C13H14ClNO4S. The zero-order valence-corrected chi connectivity index (χ0v) is 12.4. The van der Waals surface area contributed by atoms with Crippen molar-refractivity contribution in [3.05, 3.63) is 29.8 Å². The number of hydrogen-bond donors (Lipinski definition) is 0. The molecule has 1 aromatic carbocycles. The van der Waals surface area contributed by atoms with Crippen molar-refractivity contribution in [2.75, 3.05) is 17.2 Å². The van der Waals surface area contributed by atoms with Gasteiger partial charge in [-0.05, 0) is 31.2 Å². The summed E-state index contributed by atoms with van der Waals surface area (Å²) in [5.74, 6) is -0.679. The molecule has 1 amide bonds. The van der Waals surface area contributed by atoms with Crippen LogP contribution >= 0.6 is 10.7 Å². The molecule has 1 heterocycles. The molecule has 7 heteroatoms. The van der Waals surface area contributed by atoms with E-state index in [1.165, 1.54) is 11.8 Å². The van der Waals surface area contributed by atoms with E-state index in [1.54, 1.807) is 24.3 Å². The summed E-state index contributed by atoms with van der Waals surface area (Å²) in [6.45, 7) is 1.79. The van der Waals surface area contributed by atoms with Crippen molar-refractivity contribution in [2.24, 2.45) is 5.92 Å². The molecule has 108 valence electrons. The van der Waals surface area contributed by atoms with Gasteiger partial charge in [0, 0.05) is 40.8 Å². The topological polar surface area (TPSA) is 71.5 Å². The normalized spacial score (nSPS) is 19.4. The minimum absolute atomic E-state index is 0.0459. The van der Waals surface area contributed by atoms with Crippen molar-refractivity contribution >= 4 is 37.1 Å². The van der Waals surface area contributed by atoms with Crippen LogP contribution in [0.5, 0.6) is 0 Å². The summed E-state index contributed by atoms with van der Waals surface area (Å²) in [6, 6.07) is 6.67. The van der Waals surface area contributed by atoms with Crippen molar-refractivity contribution in [1.29, 1.82) is 0 Å². The molecule has 1 aliphatic heterocycles. The van der Waals surface area contributed by atoms with Crippen molar-refractivity contribution in [3.63, 3.8) is 0 Å². The molecule has 0 aromatic heterocycles. The van der Waals surface area contributed by atoms with Crippen molar-refractivity contribution in [1.82, 2.24) is 0 Å². The molecule has 0 radical (unpaired) electrons. The summed E-state index contributed by atoms with van der Waals surface area (Å²) in [5, 5.41) is 0. The van der Waals surface area contributed by atoms with Gasteiger partial charge in [-0.1, -0.05) is 0 Å². The lowest BCUT2D eigenvalue weighted by atomic mass is 10.1. The van der Waals surface area contributed by atoms with Crippen LogP contribution < -0.4 is 4.90 Å². The number of nitrogens with zero attached hydrogens (tertiary/aromatic N) is 1. The molecule has 5 nitrogen and oxygen atoms in total. The van der Waals surface area contributed by atoms with Crippen LogP contribution in [0.1, 0.15) is 23.7 Å². The average Bonchev–Trinajstić information content (AvgIpc) is 2.67. The molecule has 20 heavy (non-hydrogen) atoms. The number of amides is 1. The maximum absolute atomic E-state index is 11.9. The maximum atomic E-state index is 11.9. The van der Waals surface area contributed by atoms with E-state index in [9.17, 15) is 18.0 Å². The standard InChI is InChI=1S/C13H14ClNO4S/c1-9(16)11-2-4-12(5-3-11)15-7-10(6-13(15)17)8-20(14,18)19/h2-5,10H,6-8H2,1H3. The number of hydrogen-bond acceptors (Lipinski definition) is 4. The Morgan fingerprint density at radius 2 is 1.95 bits per heavy atom. The third-order valence-corrected chi connectivity index (χ3v) is 4.47. The van der Waals surface area contributed by atoms with Crippen LogP contribution in [0.3, 0.4) is 0 Å². The molecule has 0 aliphatic carbocycles. The quantitative estimate of drug-likeness (QED) is 0.627. The molecule has 1 atom stereocenters. The van der Waals surface area contributed by atoms with Crippen LogP contribution in [0.25, 0.3) is 0 Å². The summed E-state index contributed by atoms with van der Waals surface area (Å²) < 4.78 is 22.1. The third-order valence-electron chi connectivity index (χ3n) is 3.23. The minimum Gasteiger partial charge on any atom is -0.312 e. The lowest BCUT2D eigenvalue weighted by molar-refractivity contribution is -0.117. The molecule has 0 saturated carbocycles. The fourth-order valence-corrected chi connectivity index (χ4v) is 3.62. The van der Waals surface area contributed by atoms with E-state index in [-0.39, 0.29) is 29.8 Å². The Morgan fingerprint density at radius 3 is 2.45 bits per heavy atom. The van der Waals surface area contributed by atoms with E-state index in [4.69, 9.17) is 10.7 Å². The number of Topliss-reactive ketones (excluding diaryl/α,β-unsaturated/α-hetero) is 1. The number of anilines is 1. The first-order valence-electron chi connectivity index (χ1n) is 6.10. The van der Waals surface area contributed by atoms with Gasteiger partial charge in [0.25, 0.3) is 0 Å². The third kappa shape index (κ3) is 3.58. The summed E-state index contributed by atoms with van der Waals surface area (Å²) >= 11 is 0. The number of carbonyl (C=O) groups excluding carboxylic acids is 2. The Kier molecular flexibility index (Phi) is 4.15. The van der Waals surface area contributed by atoms with E-state index >= 15 is 0 Å². The Morgan fingerprint density at radius 1 is 1.35 bits per heavy atom. The number of rotatable bonds is 4. The van der Waals surface area contributed by atoms with E-state index < -0.39 is 9.05 Å². The molecule has 1 saturated heterocycles. The van der Waals surface area contributed by atoms with Gasteiger partial charge in [-0.25, -0.2) is 8.42 Å². The summed E-state index contributed by atoms with van der Waals surface area (Å²) in [5.41, 5.74) is 1.23. The summed E-state index contributed by atoms with van der Waals surface area (Å²) in [6.07, 6.45) is 0.167. The summed E-state index contributed by atoms with van der Waals surface area (Å²) in [4.78, 5) is 24.6. The van der Waals surface area contributed by atoms with Gasteiger partial charge in [-0.15, -0.1) is 0 Å². The minimum atomic E-state index is -3.61. The van der Waals surface area contributed by atoms with Crippen LogP contribution in [0, 0.1) is 5.92 Å². The second-order valence-electron chi connectivity index (χ2n) is 4.88. The van der Waals surface area contributed by atoms with Gasteiger partial charge >= 0.3 is 0 Å². The fraction of sp³-hybridized carbons (Fsp3) is 0.385. The molecule has 1 aliphatic rings. The molecular weight excluding hydrogens is 302 g/mol. The average molecular weight is 316 g/mol. The maximum Gasteiger partial charge on any atom is 0.232 e. The largest absolute Gasteiger partial charge is 0.312 e. The molecule has 2 rings (SSSR count). The number of benzene rings is 1. The smallest absolute Gasteiger partial charge is 0.232 e. The van der Waals surface area contributed by atoms with Crippen LogP contribution in [-0.4, -0.2) is 32.4 Å². The van der Waals surface area contributed by atoms with Gasteiger partial charge < -0.3 is 4.90 Å². The van der Waals surface area contributed by atoms with Gasteiger partial charge in [0.05, 0.1) is 5.75 Å². The Labute approximate surface area is 121 Å². The van der Waals surface area contributed by atoms with E-state index in [1.807, 2.05) is 0 Å². The molecule has 1 aromatic rings. The Bertz CT molecular complexity index is 639. The van der Waals surface area contributed by atoms with Crippen LogP contribution in [0.15, 0.2) is 24.3 Å². The predicted molar refractivity (Wildman–Crippen MR) is 76.5 cm³/mol. The van der Waals surface area contributed by atoms with E-state index in [0.29, 0.717) is 17.8 Å². The monoisotopic (exact) mass is 315 g/mol. The fourth-order valence-electron chi connectivity index (χ4n) is 2.30. The zero-order chi connectivity index (χ0) is 14.9. The second-order valence-corrected chi connectivity index (χ2v) is 7.70. The lowest BCUT2D eigenvalue weighted by Crippen LogP contribution is -2.25. The molecule has 1 fully saturated rings. The SMILES string of the molecule is CC(=O)c1ccc(N2CC(CS(=O)(=O)Cl)CC2=O)cc1. The molecule has 0 N–H and O–H groups in total. The highest BCUT2D eigenvalue weighted by Crippen LogP contribution is 2.26. The molecule has 1 unspecified atom stereocenters. The van der Waals surface area contributed by atoms with Gasteiger partial charge in [0.1, 0.15) is 0 Å². The van der Waals surface area contributed by atoms with Gasteiger partial charge in [0.15, 0.2) is 5.78 Å². The molecule has 0 spiro atoms. The van der Waals surface area contributed by atoms with Crippen LogP contribution in [-0.2, 0) is 13.8 Å². The zero-order valence-electron chi connectivity index (χ0n) is 10.9. The number of ketones is 1. The number of halogens is 1. The van der Waals surface area contributed by atoms with Gasteiger partial charge in [-0.3, -0.25) is 9.59 Å². The van der Waals surface area contributed by atoms with Gasteiger partial charge in [0.2, 0.25) is 15.0 Å². The van der Waals surface area contributed by atoms with E-state index in [0.717, 1.165) is 0 Å². The van der Waals surface area contributed by atoms with Crippen LogP contribution in [0.4, 0.5) is 5.69 Å². The molecule has 0 bridgehead atoms. The highest BCUT2D eigenvalue weighted by atomic mass is 35.7. The lowest BCUT2D eigenvalue weighted by Gasteiger charge is -2.16. The first-order valence-corrected chi connectivity index (χ1v) is 8.58. The highest BCUT2D eigenvalue weighted by molar-refractivity contribution is 8.13. The first-order chi connectivity index (χ1) is 9.26. The van der Waals surface area contributed by atoms with Crippen molar-refractivity contribution in [2.45, 2.75) is 13.3 Å². The van der Waals surface area contributed by atoms with E-state index in [2.05, 4.69) is 0 Å². The Hall–Kier alpha value is -1.40.